The average molecular weight is 302 g/mol. The Balaban J connectivity index is 2.23. The third-order valence-electron chi connectivity index (χ3n) is 3.34. The Bertz CT molecular complexity index is 630. The smallest absolute Gasteiger partial charge is 0.341 e. The molecule has 0 bridgehead atoms. The number of hydrogen-bond donors (Lipinski definition) is 0. The van der Waals surface area contributed by atoms with Crippen LogP contribution >= 0.6 is 0 Å². The molecule has 1 aromatic heterocycles. The van der Waals surface area contributed by atoms with Crippen molar-refractivity contribution in [2.45, 2.75) is 33.2 Å². The van der Waals surface area contributed by atoms with Crippen molar-refractivity contribution in [3.8, 4) is 5.75 Å². The van der Waals surface area contributed by atoms with E-state index >= 15 is 0 Å². The van der Waals surface area contributed by atoms with Crippen molar-refractivity contribution in [3.63, 3.8) is 0 Å². The van der Waals surface area contributed by atoms with Crippen molar-refractivity contribution >= 4 is 5.97 Å². The Morgan fingerprint density at radius 3 is 2.50 bits per heavy atom. The first kappa shape index (κ1) is 16.1. The van der Waals surface area contributed by atoms with Crippen LogP contribution in [0.15, 0.2) is 30.5 Å². The Morgan fingerprint density at radius 2 is 1.95 bits per heavy atom. The second-order valence-corrected chi connectivity index (χ2v) is 5.35. The van der Waals surface area contributed by atoms with Gasteiger partial charge in [0.1, 0.15) is 11.3 Å². The van der Waals surface area contributed by atoms with E-state index in [4.69, 9.17) is 9.47 Å². The number of nitrogens with zero attached hydrogens (tertiary/aromatic N) is 2. The summed E-state index contributed by atoms with van der Waals surface area (Å²) in [6.07, 6.45) is 1.76. The van der Waals surface area contributed by atoms with Crippen LogP contribution in [0.3, 0.4) is 0 Å². The van der Waals surface area contributed by atoms with Crippen molar-refractivity contribution in [2.75, 3.05) is 13.7 Å². The van der Waals surface area contributed by atoms with E-state index in [0.717, 1.165) is 17.0 Å². The molecule has 0 aliphatic carbocycles. The summed E-state index contributed by atoms with van der Waals surface area (Å²) in [4.78, 5) is 12.0. The fraction of sp³-hybridized carbons (Fsp3) is 0.412. The van der Waals surface area contributed by atoms with Gasteiger partial charge < -0.3 is 9.47 Å². The zero-order chi connectivity index (χ0) is 16.1. The molecule has 5 nitrogen and oxygen atoms in total. The van der Waals surface area contributed by atoms with Crippen LogP contribution in [0.25, 0.3) is 0 Å². The topological polar surface area (TPSA) is 53.4 Å². The zero-order valence-corrected chi connectivity index (χ0v) is 13.5. The number of carbonyl (C=O) groups is 1. The van der Waals surface area contributed by atoms with Gasteiger partial charge in [-0.15, -0.1) is 0 Å². The van der Waals surface area contributed by atoms with Crippen LogP contribution in [0, 0.1) is 0 Å². The van der Waals surface area contributed by atoms with E-state index in [9.17, 15) is 4.79 Å². The van der Waals surface area contributed by atoms with Crippen LogP contribution in [0.4, 0.5) is 0 Å². The van der Waals surface area contributed by atoms with Crippen molar-refractivity contribution < 1.29 is 14.3 Å². The molecule has 0 aliphatic heterocycles. The third-order valence-corrected chi connectivity index (χ3v) is 3.34. The lowest BCUT2D eigenvalue weighted by atomic mass is 10.1. The molecule has 5 heteroatoms. The van der Waals surface area contributed by atoms with Crippen LogP contribution in [-0.4, -0.2) is 29.5 Å². The highest BCUT2D eigenvalue weighted by Crippen LogP contribution is 2.20. The molecule has 2 rings (SSSR count). The summed E-state index contributed by atoms with van der Waals surface area (Å²) >= 11 is 0. The molecule has 0 spiro atoms. The monoisotopic (exact) mass is 302 g/mol. The number of rotatable bonds is 6. The molecule has 0 amide bonds. The predicted molar refractivity (Wildman–Crippen MR) is 84.4 cm³/mol. The number of carbonyl (C=O) groups excluding carboxylic acids is 1. The highest BCUT2D eigenvalue weighted by Gasteiger charge is 2.19. The number of benzene rings is 1. The lowest BCUT2D eigenvalue weighted by molar-refractivity contribution is 0.0524. The maximum absolute atomic E-state index is 12.0. The first-order valence-corrected chi connectivity index (χ1v) is 7.42. The van der Waals surface area contributed by atoms with Crippen molar-refractivity contribution in [2.24, 2.45) is 0 Å². The Kier molecular flexibility index (Phi) is 5.20. The summed E-state index contributed by atoms with van der Waals surface area (Å²) in [5.74, 6) is 0.669. The van der Waals surface area contributed by atoms with Gasteiger partial charge in [0.05, 0.1) is 26.0 Å². The normalized spacial score (nSPS) is 10.8. The molecule has 0 atom stereocenters. The van der Waals surface area contributed by atoms with Gasteiger partial charge in [0, 0.05) is 6.20 Å². The first-order chi connectivity index (χ1) is 10.5. The van der Waals surface area contributed by atoms with E-state index < -0.39 is 0 Å². The number of esters is 1. The van der Waals surface area contributed by atoms with Gasteiger partial charge >= 0.3 is 5.97 Å². The second kappa shape index (κ2) is 7.11. The second-order valence-electron chi connectivity index (χ2n) is 5.35. The summed E-state index contributed by atoms with van der Waals surface area (Å²) in [6.45, 7) is 6.80. The van der Waals surface area contributed by atoms with Crippen LogP contribution in [0.1, 0.15) is 48.3 Å². The van der Waals surface area contributed by atoms with Crippen LogP contribution in [0.2, 0.25) is 0 Å². The lowest BCUT2D eigenvalue weighted by Crippen LogP contribution is -2.07. The maximum atomic E-state index is 12.0. The number of ether oxygens (including phenoxy) is 2. The quantitative estimate of drug-likeness (QED) is 0.769. The molecule has 2 aromatic rings. The lowest BCUT2D eigenvalue weighted by Gasteiger charge is -2.04. The third kappa shape index (κ3) is 3.67. The van der Waals surface area contributed by atoms with E-state index in [1.807, 2.05) is 38.1 Å². The standard InChI is InChI=1S/C17H22N2O3/c1-5-22-17(20)15-11-19(18-16(15)12(2)3)10-13-6-8-14(21-4)9-7-13/h6-9,11-12H,5,10H2,1-4H3. The van der Waals surface area contributed by atoms with Gasteiger partial charge in [-0.25, -0.2) is 4.79 Å². The van der Waals surface area contributed by atoms with E-state index in [2.05, 4.69) is 5.10 Å². The SMILES string of the molecule is CCOC(=O)c1cn(Cc2ccc(OC)cc2)nc1C(C)C. The summed E-state index contributed by atoms with van der Waals surface area (Å²) in [5, 5.41) is 4.54. The Labute approximate surface area is 130 Å². The fourth-order valence-electron chi connectivity index (χ4n) is 2.23. The van der Waals surface area contributed by atoms with Gasteiger partial charge in [-0.2, -0.15) is 5.10 Å². The maximum Gasteiger partial charge on any atom is 0.341 e. The van der Waals surface area contributed by atoms with E-state index in [1.165, 1.54) is 0 Å². The number of aromatic nitrogens is 2. The molecule has 0 unspecified atom stereocenters. The van der Waals surface area contributed by atoms with Gasteiger partial charge in [0.15, 0.2) is 0 Å². The van der Waals surface area contributed by atoms with E-state index in [0.29, 0.717) is 18.7 Å². The van der Waals surface area contributed by atoms with E-state index in [1.54, 1.807) is 24.9 Å². The van der Waals surface area contributed by atoms with Gasteiger partial charge in [-0.1, -0.05) is 26.0 Å². The minimum Gasteiger partial charge on any atom is -0.497 e. The average Bonchev–Trinajstić information content (AvgIpc) is 2.92. The number of methoxy groups -OCH3 is 1. The summed E-state index contributed by atoms with van der Waals surface area (Å²) < 4.78 is 12.0. The zero-order valence-electron chi connectivity index (χ0n) is 13.5. The van der Waals surface area contributed by atoms with E-state index in [-0.39, 0.29) is 11.9 Å². The highest BCUT2D eigenvalue weighted by molar-refractivity contribution is 5.90. The van der Waals surface area contributed by atoms with Crippen molar-refractivity contribution in [3.05, 3.63) is 47.3 Å². The Morgan fingerprint density at radius 1 is 1.27 bits per heavy atom. The molecule has 0 aliphatic rings. The summed E-state index contributed by atoms with van der Waals surface area (Å²) in [7, 11) is 1.64. The van der Waals surface area contributed by atoms with Crippen LogP contribution in [-0.2, 0) is 11.3 Å². The predicted octanol–water partition coefficient (Wildman–Crippen LogP) is 3.24. The molecular weight excluding hydrogens is 280 g/mol. The minimum atomic E-state index is -0.313. The highest BCUT2D eigenvalue weighted by atomic mass is 16.5. The largest absolute Gasteiger partial charge is 0.497 e. The minimum absolute atomic E-state index is 0.163. The Hall–Kier alpha value is -2.30. The molecule has 0 saturated carbocycles. The molecule has 0 saturated heterocycles. The molecule has 118 valence electrons. The molecule has 1 heterocycles. The molecule has 0 fully saturated rings. The molecule has 0 radical (unpaired) electrons. The molecule has 0 N–H and O–H groups in total. The van der Waals surface area contributed by atoms with Gasteiger partial charge in [0.2, 0.25) is 0 Å². The van der Waals surface area contributed by atoms with Crippen LogP contribution < -0.4 is 4.74 Å². The molecule has 1 aromatic carbocycles. The summed E-state index contributed by atoms with van der Waals surface area (Å²) in [6, 6.07) is 7.79. The van der Waals surface area contributed by atoms with Gasteiger partial charge in [-0.3, -0.25) is 4.68 Å². The fourth-order valence-corrected chi connectivity index (χ4v) is 2.23. The number of hydrogen-bond acceptors (Lipinski definition) is 4. The van der Waals surface area contributed by atoms with Crippen LogP contribution in [0.5, 0.6) is 5.75 Å². The van der Waals surface area contributed by atoms with Crippen molar-refractivity contribution in [1.82, 2.24) is 9.78 Å². The van der Waals surface area contributed by atoms with Gasteiger partial charge in [-0.05, 0) is 30.5 Å². The molecular formula is C17H22N2O3. The van der Waals surface area contributed by atoms with Gasteiger partial charge in [0.25, 0.3) is 0 Å². The summed E-state index contributed by atoms with van der Waals surface area (Å²) in [5.41, 5.74) is 2.41. The van der Waals surface area contributed by atoms with Crippen molar-refractivity contribution in [1.29, 1.82) is 0 Å². The molecule has 22 heavy (non-hydrogen) atoms. The first-order valence-electron chi connectivity index (χ1n) is 7.42.